The number of carbonyl (C=O) groups is 1. The third-order valence-corrected chi connectivity index (χ3v) is 4.55. The van der Waals surface area contributed by atoms with E-state index < -0.39 is 5.54 Å². The molecule has 0 aliphatic heterocycles. The number of para-hydroxylation sites is 1. The molecular weight excluding hydrogens is 298 g/mol. The Bertz CT molecular complexity index is 632. The maximum Gasteiger partial charge on any atom is 0.240 e. The molecule has 0 unspecified atom stereocenters. The van der Waals surface area contributed by atoms with Crippen molar-refractivity contribution >= 4 is 29.2 Å². The zero-order valence-electron chi connectivity index (χ0n) is 12.7. The topological polar surface area (TPSA) is 70.9 Å². The van der Waals surface area contributed by atoms with Gasteiger partial charge in [-0.2, -0.15) is 0 Å². The van der Waals surface area contributed by atoms with Gasteiger partial charge in [-0.1, -0.05) is 37.5 Å². The van der Waals surface area contributed by atoms with Crippen molar-refractivity contribution in [2.45, 2.75) is 44.1 Å². The molecule has 5 heteroatoms. The van der Waals surface area contributed by atoms with E-state index in [4.69, 9.17) is 5.73 Å². The number of hydrogen-bond donors (Lipinski definition) is 3. The lowest BCUT2D eigenvalue weighted by Gasteiger charge is -2.31. The molecule has 4 nitrogen and oxygen atoms in total. The van der Waals surface area contributed by atoms with E-state index in [9.17, 15) is 4.79 Å². The molecular formula is C17H24ClN3O. The van der Waals surface area contributed by atoms with Crippen molar-refractivity contribution in [1.82, 2.24) is 10.3 Å². The zero-order valence-corrected chi connectivity index (χ0v) is 13.5. The SMILES string of the molecule is Cl.NC1(C(=O)NCCc2c[nH]c3ccccc23)CCCCC1. The summed E-state index contributed by atoms with van der Waals surface area (Å²) in [5.41, 5.74) is 7.97. The van der Waals surface area contributed by atoms with Gasteiger partial charge in [-0.15, -0.1) is 12.4 Å². The van der Waals surface area contributed by atoms with Gasteiger partial charge in [0.1, 0.15) is 0 Å². The number of aromatic nitrogens is 1. The molecule has 1 saturated carbocycles. The minimum Gasteiger partial charge on any atom is -0.361 e. The van der Waals surface area contributed by atoms with Gasteiger partial charge in [-0.05, 0) is 30.9 Å². The molecule has 0 spiro atoms. The average molecular weight is 322 g/mol. The highest BCUT2D eigenvalue weighted by Crippen LogP contribution is 2.26. The molecule has 22 heavy (non-hydrogen) atoms. The highest BCUT2D eigenvalue weighted by atomic mass is 35.5. The number of hydrogen-bond acceptors (Lipinski definition) is 2. The molecule has 1 aliphatic carbocycles. The van der Waals surface area contributed by atoms with Gasteiger partial charge < -0.3 is 16.0 Å². The van der Waals surface area contributed by atoms with Gasteiger partial charge in [0.25, 0.3) is 0 Å². The average Bonchev–Trinajstić information content (AvgIpc) is 2.91. The number of H-pyrrole nitrogens is 1. The Balaban J connectivity index is 0.00000176. The van der Waals surface area contributed by atoms with E-state index in [0.29, 0.717) is 6.54 Å². The fraction of sp³-hybridized carbons (Fsp3) is 0.471. The Hall–Kier alpha value is -1.52. The number of benzene rings is 1. The molecule has 0 bridgehead atoms. The molecule has 1 heterocycles. The Morgan fingerprint density at radius 3 is 2.73 bits per heavy atom. The van der Waals surface area contributed by atoms with Crippen LogP contribution < -0.4 is 11.1 Å². The van der Waals surface area contributed by atoms with E-state index in [1.807, 2.05) is 18.3 Å². The second-order valence-electron chi connectivity index (χ2n) is 6.08. The van der Waals surface area contributed by atoms with Crippen molar-refractivity contribution < 1.29 is 4.79 Å². The van der Waals surface area contributed by atoms with Crippen LogP contribution in [0.5, 0.6) is 0 Å². The van der Waals surface area contributed by atoms with Crippen molar-refractivity contribution in [3.63, 3.8) is 0 Å². The summed E-state index contributed by atoms with van der Waals surface area (Å²) < 4.78 is 0. The molecule has 1 aromatic carbocycles. The van der Waals surface area contributed by atoms with E-state index >= 15 is 0 Å². The first kappa shape index (κ1) is 16.8. The third kappa shape index (κ3) is 3.45. The third-order valence-electron chi connectivity index (χ3n) is 4.55. The van der Waals surface area contributed by atoms with E-state index in [1.165, 1.54) is 17.4 Å². The number of rotatable bonds is 4. The number of nitrogens with two attached hydrogens (primary N) is 1. The second-order valence-corrected chi connectivity index (χ2v) is 6.08. The number of halogens is 1. The quantitative estimate of drug-likeness (QED) is 0.810. The number of aromatic amines is 1. The number of nitrogens with one attached hydrogen (secondary N) is 2. The van der Waals surface area contributed by atoms with Crippen molar-refractivity contribution in [2.75, 3.05) is 6.54 Å². The van der Waals surface area contributed by atoms with Crippen LogP contribution in [0.3, 0.4) is 0 Å². The van der Waals surface area contributed by atoms with Crippen molar-refractivity contribution in [2.24, 2.45) is 5.73 Å². The molecule has 1 aliphatic rings. The smallest absolute Gasteiger partial charge is 0.240 e. The molecule has 3 rings (SSSR count). The summed E-state index contributed by atoms with van der Waals surface area (Å²) in [6.45, 7) is 0.639. The van der Waals surface area contributed by atoms with E-state index in [2.05, 4.69) is 22.4 Å². The van der Waals surface area contributed by atoms with Crippen LogP contribution in [0.25, 0.3) is 10.9 Å². The van der Waals surface area contributed by atoms with Crippen molar-refractivity contribution in [1.29, 1.82) is 0 Å². The van der Waals surface area contributed by atoms with Crippen molar-refractivity contribution in [3.05, 3.63) is 36.0 Å². The molecule has 120 valence electrons. The van der Waals surface area contributed by atoms with Crippen LogP contribution in [0.15, 0.2) is 30.5 Å². The van der Waals surface area contributed by atoms with Crippen LogP contribution in [0, 0.1) is 0 Å². The summed E-state index contributed by atoms with van der Waals surface area (Å²) in [4.78, 5) is 15.5. The maximum atomic E-state index is 12.3. The highest BCUT2D eigenvalue weighted by molar-refractivity contribution is 5.86. The second kappa shape index (κ2) is 7.16. The summed E-state index contributed by atoms with van der Waals surface area (Å²) in [6, 6.07) is 8.23. The monoisotopic (exact) mass is 321 g/mol. The summed E-state index contributed by atoms with van der Waals surface area (Å²) in [5.74, 6) is 0.0158. The molecule has 2 aromatic rings. The van der Waals surface area contributed by atoms with Gasteiger partial charge in [-0.3, -0.25) is 4.79 Å². The molecule has 0 radical (unpaired) electrons. The van der Waals surface area contributed by atoms with E-state index in [0.717, 1.165) is 37.6 Å². The van der Waals surface area contributed by atoms with E-state index in [1.54, 1.807) is 0 Å². The fourth-order valence-electron chi connectivity index (χ4n) is 3.23. The minimum absolute atomic E-state index is 0. The Labute approximate surface area is 137 Å². The fourth-order valence-corrected chi connectivity index (χ4v) is 3.23. The van der Waals surface area contributed by atoms with Crippen LogP contribution in [0.2, 0.25) is 0 Å². The molecule has 0 atom stereocenters. The van der Waals surface area contributed by atoms with Gasteiger partial charge >= 0.3 is 0 Å². The van der Waals surface area contributed by atoms with Crippen LogP contribution in [-0.2, 0) is 11.2 Å². The van der Waals surface area contributed by atoms with Gasteiger partial charge in [-0.25, -0.2) is 0 Å². The van der Waals surface area contributed by atoms with Gasteiger partial charge in [0.2, 0.25) is 5.91 Å². The van der Waals surface area contributed by atoms with Crippen LogP contribution in [-0.4, -0.2) is 23.0 Å². The predicted molar refractivity (Wildman–Crippen MR) is 92.3 cm³/mol. The Morgan fingerprint density at radius 1 is 1.23 bits per heavy atom. The molecule has 1 aromatic heterocycles. The Morgan fingerprint density at radius 2 is 1.95 bits per heavy atom. The summed E-state index contributed by atoms with van der Waals surface area (Å²) in [7, 11) is 0. The Kier molecular flexibility index (Phi) is 5.48. The summed E-state index contributed by atoms with van der Waals surface area (Å²) in [5, 5.41) is 4.25. The first-order valence-electron chi connectivity index (χ1n) is 7.81. The number of carbonyl (C=O) groups excluding carboxylic acids is 1. The van der Waals surface area contributed by atoms with E-state index in [-0.39, 0.29) is 18.3 Å². The highest BCUT2D eigenvalue weighted by Gasteiger charge is 2.34. The lowest BCUT2D eigenvalue weighted by atomic mass is 9.82. The maximum absolute atomic E-state index is 12.3. The lowest BCUT2D eigenvalue weighted by molar-refractivity contribution is -0.127. The normalized spacial score (nSPS) is 17.0. The standard InChI is InChI=1S/C17H23N3O.ClH/c18-17(9-4-1-5-10-17)16(21)19-11-8-13-12-20-15-7-3-2-6-14(13)15;/h2-3,6-7,12,20H,1,4-5,8-11,18H2,(H,19,21);1H. The number of amides is 1. The first-order valence-corrected chi connectivity index (χ1v) is 7.81. The first-order chi connectivity index (χ1) is 10.2. The van der Waals surface area contributed by atoms with Gasteiger partial charge in [0.15, 0.2) is 0 Å². The van der Waals surface area contributed by atoms with Crippen LogP contribution >= 0.6 is 12.4 Å². The largest absolute Gasteiger partial charge is 0.361 e. The van der Waals surface area contributed by atoms with Crippen LogP contribution in [0.1, 0.15) is 37.7 Å². The van der Waals surface area contributed by atoms with Crippen LogP contribution in [0.4, 0.5) is 0 Å². The number of fused-ring (bicyclic) bond motifs is 1. The van der Waals surface area contributed by atoms with Crippen molar-refractivity contribution in [3.8, 4) is 0 Å². The molecule has 4 N–H and O–H groups in total. The summed E-state index contributed by atoms with van der Waals surface area (Å²) >= 11 is 0. The lowest BCUT2D eigenvalue weighted by Crippen LogP contribution is -2.55. The molecule has 1 amide bonds. The minimum atomic E-state index is -0.640. The molecule has 1 fully saturated rings. The van der Waals surface area contributed by atoms with Gasteiger partial charge in [0.05, 0.1) is 5.54 Å². The molecule has 0 saturated heterocycles. The summed E-state index contributed by atoms with van der Waals surface area (Å²) in [6.07, 6.45) is 7.79. The zero-order chi connectivity index (χ0) is 14.7. The predicted octanol–water partition coefficient (Wildman–Crippen LogP) is 2.91. The van der Waals surface area contributed by atoms with Gasteiger partial charge in [0, 0.05) is 23.6 Å².